The fraction of sp³-hybridized carbons (Fsp3) is 0.889. The van der Waals surface area contributed by atoms with Crippen LogP contribution in [0.4, 0.5) is 13.2 Å². The number of carbonyl (C=O) groups excluding carboxylic acids is 1. The van der Waals surface area contributed by atoms with E-state index in [0.29, 0.717) is 12.5 Å². The molecule has 3 saturated heterocycles. The Morgan fingerprint density at radius 2 is 1.71 bits per heavy atom. The zero-order chi connectivity index (χ0) is 20.3. The fourth-order valence-corrected chi connectivity index (χ4v) is 4.34. The summed E-state index contributed by atoms with van der Waals surface area (Å²) in [4.78, 5) is 29.7. The molecule has 28 heavy (non-hydrogen) atoms. The number of hydrogen-bond acceptors (Lipinski definition) is 5. The number of fused-ring (bicyclic) bond motifs is 1. The molecule has 0 unspecified atom stereocenters. The molecule has 4 fully saturated rings. The molecule has 0 aromatic rings. The molecule has 7 nitrogen and oxygen atoms in total. The van der Waals surface area contributed by atoms with Crippen molar-refractivity contribution in [3.63, 3.8) is 0 Å². The van der Waals surface area contributed by atoms with Crippen molar-refractivity contribution in [3.8, 4) is 0 Å². The molecule has 10 heteroatoms. The number of piperidine rings is 1. The van der Waals surface area contributed by atoms with E-state index in [1.807, 2.05) is 0 Å². The third kappa shape index (κ3) is 4.96. The van der Waals surface area contributed by atoms with Crippen LogP contribution in [0, 0.1) is 11.8 Å². The Balaban J connectivity index is 0.000000279. The predicted molar refractivity (Wildman–Crippen MR) is 91.1 cm³/mol. The van der Waals surface area contributed by atoms with Crippen LogP contribution in [-0.2, 0) is 19.2 Å². The maximum atomic E-state index is 12.7. The standard InChI is InChI=1S/C16H26N2O3.C2HF3O2/c19-16(18-7-2-9-21-18)13-6-10-20-15-5-8-17(11-14(13)15)12-3-1-4-12;3-2(4,5)1(6)7/h12-15H,1-11H2;(H,6,7)/t13-,14+,15-;/m1./s1. The molecule has 1 amide bonds. The molecule has 4 rings (SSSR count). The van der Waals surface area contributed by atoms with Gasteiger partial charge in [-0.3, -0.25) is 14.5 Å². The first-order valence-electron chi connectivity index (χ1n) is 9.87. The lowest BCUT2D eigenvalue weighted by Crippen LogP contribution is -2.56. The summed E-state index contributed by atoms with van der Waals surface area (Å²) < 4.78 is 37.7. The Hall–Kier alpha value is -1.39. The van der Waals surface area contributed by atoms with Gasteiger partial charge in [0.25, 0.3) is 0 Å². The van der Waals surface area contributed by atoms with Crippen LogP contribution < -0.4 is 0 Å². The van der Waals surface area contributed by atoms with E-state index in [-0.39, 0.29) is 17.9 Å². The first-order valence-corrected chi connectivity index (χ1v) is 9.87. The molecule has 1 aliphatic carbocycles. The fourth-order valence-electron chi connectivity index (χ4n) is 4.34. The van der Waals surface area contributed by atoms with Crippen LogP contribution in [0.3, 0.4) is 0 Å². The average Bonchev–Trinajstić information content (AvgIpc) is 3.13. The molecule has 160 valence electrons. The van der Waals surface area contributed by atoms with E-state index < -0.39 is 12.1 Å². The van der Waals surface area contributed by atoms with Gasteiger partial charge < -0.3 is 9.84 Å². The first kappa shape index (κ1) is 21.3. The molecule has 0 radical (unpaired) electrons. The van der Waals surface area contributed by atoms with Gasteiger partial charge in [0.05, 0.1) is 19.3 Å². The molecule has 3 aliphatic heterocycles. The van der Waals surface area contributed by atoms with Gasteiger partial charge in [-0.25, -0.2) is 9.86 Å². The highest BCUT2D eigenvalue weighted by atomic mass is 19.4. The van der Waals surface area contributed by atoms with Crippen molar-refractivity contribution in [3.05, 3.63) is 0 Å². The van der Waals surface area contributed by atoms with Gasteiger partial charge in [0.15, 0.2) is 0 Å². The maximum Gasteiger partial charge on any atom is 0.490 e. The van der Waals surface area contributed by atoms with Gasteiger partial charge in [0.2, 0.25) is 5.91 Å². The van der Waals surface area contributed by atoms with Crippen LogP contribution in [0.25, 0.3) is 0 Å². The minimum Gasteiger partial charge on any atom is -0.475 e. The number of likely N-dealkylation sites (tertiary alicyclic amines) is 1. The Morgan fingerprint density at radius 3 is 2.25 bits per heavy atom. The number of nitrogens with zero attached hydrogens (tertiary/aromatic N) is 2. The zero-order valence-electron chi connectivity index (χ0n) is 15.7. The highest BCUT2D eigenvalue weighted by molar-refractivity contribution is 5.78. The van der Waals surface area contributed by atoms with Gasteiger partial charge in [-0.1, -0.05) is 6.42 Å². The highest BCUT2D eigenvalue weighted by Crippen LogP contribution is 2.37. The number of rotatable bonds is 2. The lowest BCUT2D eigenvalue weighted by atomic mass is 9.77. The second-order valence-electron chi connectivity index (χ2n) is 7.77. The number of carboxylic acids is 1. The van der Waals surface area contributed by atoms with Crippen molar-refractivity contribution >= 4 is 11.9 Å². The van der Waals surface area contributed by atoms with Crippen molar-refractivity contribution in [2.24, 2.45) is 11.8 Å². The molecular formula is C18H27F3N2O5. The Kier molecular flexibility index (Phi) is 6.82. The summed E-state index contributed by atoms with van der Waals surface area (Å²) >= 11 is 0. The molecule has 4 aliphatic rings. The monoisotopic (exact) mass is 408 g/mol. The highest BCUT2D eigenvalue weighted by Gasteiger charge is 2.45. The van der Waals surface area contributed by atoms with Crippen LogP contribution in [-0.4, -0.2) is 78.1 Å². The Labute approximate surface area is 161 Å². The predicted octanol–water partition coefficient (Wildman–Crippen LogP) is 2.06. The normalized spacial score (nSPS) is 31.4. The number of amides is 1. The summed E-state index contributed by atoms with van der Waals surface area (Å²) in [5.41, 5.74) is 0. The number of hydrogen-bond donors (Lipinski definition) is 1. The number of aliphatic carboxylic acids is 1. The second kappa shape index (κ2) is 8.96. The van der Waals surface area contributed by atoms with Crippen molar-refractivity contribution in [2.45, 2.75) is 56.8 Å². The van der Waals surface area contributed by atoms with E-state index >= 15 is 0 Å². The van der Waals surface area contributed by atoms with E-state index in [4.69, 9.17) is 19.5 Å². The molecule has 0 spiro atoms. The van der Waals surface area contributed by atoms with E-state index in [1.165, 1.54) is 19.3 Å². The largest absolute Gasteiger partial charge is 0.490 e. The van der Waals surface area contributed by atoms with Gasteiger partial charge in [-0.15, -0.1) is 0 Å². The lowest BCUT2D eigenvalue weighted by molar-refractivity contribution is -0.192. The van der Waals surface area contributed by atoms with Gasteiger partial charge in [0, 0.05) is 37.6 Å². The van der Waals surface area contributed by atoms with Gasteiger partial charge in [-0.2, -0.15) is 13.2 Å². The van der Waals surface area contributed by atoms with Crippen LogP contribution in [0.5, 0.6) is 0 Å². The third-order valence-corrected chi connectivity index (χ3v) is 6.05. The molecule has 0 aromatic carbocycles. The summed E-state index contributed by atoms with van der Waals surface area (Å²) in [5, 5.41) is 8.75. The number of carboxylic acid groups (broad SMARTS) is 1. The summed E-state index contributed by atoms with van der Waals surface area (Å²) in [6.45, 7) is 4.37. The van der Waals surface area contributed by atoms with E-state index in [2.05, 4.69) is 4.90 Å². The Morgan fingerprint density at radius 1 is 1.00 bits per heavy atom. The molecule has 1 N–H and O–H groups in total. The van der Waals surface area contributed by atoms with Crippen LogP contribution in [0.15, 0.2) is 0 Å². The topological polar surface area (TPSA) is 79.3 Å². The van der Waals surface area contributed by atoms with E-state index in [0.717, 1.165) is 51.5 Å². The van der Waals surface area contributed by atoms with Crippen LogP contribution in [0.2, 0.25) is 0 Å². The maximum absolute atomic E-state index is 12.7. The molecule has 0 aromatic heterocycles. The number of hydroxylamine groups is 2. The van der Waals surface area contributed by atoms with Crippen molar-refractivity contribution in [1.29, 1.82) is 0 Å². The summed E-state index contributed by atoms with van der Waals surface area (Å²) in [5.74, 6) is -2.08. The van der Waals surface area contributed by atoms with Crippen LogP contribution in [0.1, 0.15) is 38.5 Å². The lowest BCUT2D eigenvalue weighted by Gasteiger charge is -2.49. The van der Waals surface area contributed by atoms with E-state index in [9.17, 15) is 18.0 Å². The molecular weight excluding hydrogens is 381 g/mol. The second-order valence-corrected chi connectivity index (χ2v) is 7.77. The number of carbonyl (C=O) groups is 2. The molecule has 1 saturated carbocycles. The van der Waals surface area contributed by atoms with Gasteiger partial charge in [0.1, 0.15) is 0 Å². The van der Waals surface area contributed by atoms with Crippen molar-refractivity contribution in [2.75, 3.05) is 32.8 Å². The Bertz CT molecular complexity index is 564. The average molecular weight is 408 g/mol. The quantitative estimate of drug-likeness (QED) is 0.754. The molecule has 0 bridgehead atoms. The third-order valence-electron chi connectivity index (χ3n) is 6.05. The summed E-state index contributed by atoms with van der Waals surface area (Å²) in [6.07, 6.45) is 2.17. The SMILES string of the molecule is O=C(O)C(F)(F)F.O=C([C@@H]1CCO[C@@H]2CCN(C3CCC3)C[C@H]21)N1CCCO1. The summed E-state index contributed by atoms with van der Waals surface area (Å²) in [6, 6.07) is 0.770. The molecule has 3 heterocycles. The number of ether oxygens (including phenoxy) is 1. The van der Waals surface area contributed by atoms with Gasteiger partial charge >= 0.3 is 12.1 Å². The smallest absolute Gasteiger partial charge is 0.475 e. The zero-order valence-corrected chi connectivity index (χ0v) is 15.7. The van der Waals surface area contributed by atoms with Gasteiger partial charge in [-0.05, 0) is 32.1 Å². The van der Waals surface area contributed by atoms with Crippen molar-refractivity contribution < 1.29 is 37.4 Å². The molecule has 3 atom stereocenters. The van der Waals surface area contributed by atoms with Crippen molar-refractivity contribution in [1.82, 2.24) is 9.96 Å². The summed E-state index contributed by atoms with van der Waals surface area (Å²) in [7, 11) is 0. The minimum atomic E-state index is -5.08. The number of alkyl halides is 3. The van der Waals surface area contributed by atoms with Crippen LogP contribution >= 0.6 is 0 Å². The van der Waals surface area contributed by atoms with E-state index in [1.54, 1.807) is 5.06 Å². The minimum absolute atomic E-state index is 0.102. The first-order chi connectivity index (χ1) is 13.3. The number of halogens is 3.